The highest BCUT2D eigenvalue weighted by molar-refractivity contribution is 5.76. The lowest BCUT2D eigenvalue weighted by Crippen LogP contribution is -2.48. The molecule has 0 aromatic heterocycles. The van der Waals surface area contributed by atoms with Gasteiger partial charge in [-0.3, -0.25) is 14.6 Å². The fourth-order valence-electron chi connectivity index (χ4n) is 4.50. The Morgan fingerprint density at radius 1 is 0.583 bits per heavy atom. The normalized spacial score (nSPS) is 12.0. The second-order valence-electron chi connectivity index (χ2n) is 9.06. The maximum Gasteiger partial charge on any atom is 0.324 e. The third-order valence-electron chi connectivity index (χ3n) is 6.30. The van der Waals surface area contributed by atoms with Crippen LogP contribution < -0.4 is 0 Å². The zero-order valence-corrected chi connectivity index (χ0v) is 20.9. The summed E-state index contributed by atoms with van der Waals surface area (Å²) in [6.07, 6.45) is 0. The van der Waals surface area contributed by atoms with Gasteiger partial charge in [0.1, 0.15) is 6.04 Å². The summed E-state index contributed by atoms with van der Waals surface area (Å²) in [4.78, 5) is 17.9. The maximum absolute atomic E-state index is 13.3. The third kappa shape index (κ3) is 7.64. The fourth-order valence-corrected chi connectivity index (χ4v) is 4.50. The number of hydrogen-bond donors (Lipinski definition) is 0. The van der Waals surface area contributed by atoms with Gasteiger partial charge in [-0.15, -0.1) is 0 Å². The Morgan fingerprint density at radius 2 is 0.917 bits per heavy atom. The van der Waals surface area contributed by atoms with Crippen molar-refractivity contribution in [3.63, 3.8) is 0 Å². The first-order valence-electron chi connectivity index (χ1n) is 12.4. The molecule has 0 spiro atoms. The number of methoxy groups -OCH3 is 1. The summed E-state index contributed by atoms with van der Waals surface area (Å²) in [5.41, 5.74) is 4.77. The van der Waals surface area contributed by atoms with Crippen LogP contribution >= 0.6 is 0 Å². The van der Waals surface area contributed by atoms with Gasteiger partial charge in [-0.05, 0) is 22.3 Å². The molecule has 0 aliphatic carbocycles. The lowest BCUT2D eigenvalue weighted by atomic mass is 10.1. The Bertz CT molecular complexity index is 1080. The van der Waals surface area contributed by atoms with E-state index in [4.69, 9.17) is 4.74 Å². The number of carbonyl (C=O) groups excluding carboxylic acids is 1. The molecule has 0 radical (unpaired) electrons. The Morgan fingerprint density at radius 3 is 1.25 bits per heavy atom. The van der Waals surface area contributed by atoms with Crippen molar-refractivity contribution in [2.45, 2.75) is 32.2 Å². The van der Waals surface area contributed by atoms with E-state index in [1.807, 2.05) is 48.5 Å². The smallest absolute Gasteiger partial charge is 0.324 e. The average molecular weight is 479 g/mol. The van der Waals surface area contributed by atoms with Crippen LogP contribution in [0.15, 0.2) is 121 Å². The molecule has 4 heteroatoms. The van der Waals surface area contributed by atoms with Crippen molar-refractivity contribution in [2.24, 2.45) is 0 Å². The Balaban J connectivity index is 1.64. The van der Waals surface area contributed by atoms with Gasteiger partial charge in [0.2, 0.25) is 0 Å². The SMILES string of the molecule is COC(=O)[C@H](CN(Cc1ccccc1)Cc1ccccc1)N(Cc1ccccc1)Cc1ccccc1. The van der Waals surface area contributed by atoms with Crippen molar-refractivity contribution in [3.8, 4) is 0 Å². The molecule has 4 rings (SSSR count). The van der Waals surface area contributed by atoms with Crippen LogP contribution in [0.25, 0.3) is 0 Å². The number of nitrogens with zero attached hydrogens (tertiary/aromatic N) is 2. The van der Waals surface area contributed by atoms with Crippen LogP contribution in [0.5, 0.6) is 0 Å². The van der Waals surface area contributed by atoms with E-state index in [0.717, 1.165) is 13.1 Å². The fraction of sp³-hybridized carbons (Fsp3) is 0.219. The van der Waals surface area contributed by atoms with E-state index in [-0.39, 0.29) is 5.97 Å². The van der Waals surface area contributed by atoms with Crippen LogP contribution in [-0.2, 0) is 35.7 Å². The van der Waals surface area contributed by atoms with Gasteiger partial charge < -0.3 is 4.74 Å². The van der Waals surface area contributed by atoms with Crippen molar-refractivity contribution >= 4 is 5.97 Å². The second-order valence-corrected chi connectivity index (χ2v) is 9.06. The number of esters is 1. The number of ether oxygens (including phenoxy) is 1. The quantitative estimate of drug-likeness (QED) is 0.236. The summed E-state index contributed by atoms with van der Waals surface area (Å²) < 4.78 is 5.36. The molecule has 1 atom stereocenters. The topological polar surface area (TPSA) is 32.8 Å². The number of hydrogen-bond acceptors (Lipinski definition) is 4. The van der Waals surface area contributed by atoms with Crippen LogP contribution in [0.2, 0.25) is 0 Å². The van der Waals surface area contributed by atoms with E-state index >= 15 is 0 Å². The standard InChI is InChI=1S/C32H34N2O2/c1-36-32(35)31(34(24-29-18-10-4-11-19-29)25-30-20-12-5-13-21-30)26-33(22-27-14-6-2-7-15-27)23-28-16-8-3-9-17-28/h2-21,31H,22-26H2,1H3/t31-/m0/s1. The lowest BCUT2D eigenvalue weighted by molar-refractivity contribution is -0.148. The minimum atomic E-state index is -0.428. The molecule has 0 N–H and O–H groups in total. The van der Waals surface area contributed by atoms with Crippen LogP contribution in [0, 0.1) is 0 Å². The Kier molecular flexibility index (Phi) is 9.43. The van der Waals surface area contributed by atoms with Crippen molar-refractivity contribution in [3.05, 3.63) is 144 Å². The molecule has 4 nitrogen and oxygen atoms in total. The highest BCUT2D eigenvalue weighted by Crippen LogP contribution is 2.18. The van der Waals surface area contributed by atoms with Gasteiger partial charge in [0.25, 0.3) is 0 Å². The van der Waals surface area contributed by atoms with Gasteiger partial charge in [-0.1, -0.05) is 121 Å². The summed E-state index contributed by atoms with van der Waals surface area (Å²) in [5.74, 6) is -0.215. The molecule has 0 heterocycles. The molecule has 0 aliphatic rings. The highest BCUT2D eigenvalue weighted by Gasteiger charge is 2.29. The predicted molar refractivity (Wildman–Crippen MR) is 145 cm³/mol. The largest absolute Gasteiger partial charge is 0.468 e. The van der Waals surface area contributed by atoms with E-state index in [1.165, 1.54) is 29.4 Å². The molecule has 0 fully saturated rings. The minimum absolute atomic E-state index is 0.215. The van der Waals surface area contributed by atoms with Crippen molar-refractivity contribution in [1.82, 2.24) is 9.80 Å². The van der Waals surface area contributed by atoms with Gasteiger partial charge in [0.15, 0.2) is 0 Å². The predicted octanol–water partition coefficient (Wildman–Crippen LogP) is 5.93. The third-order valence-corrected chi connectivity index (χ3v) is 6.30. The summed E-state index contributed by atoms with van der Waals surface area (Å²) in [7, 11) is 1.48. The van der Waals surface area contributed by atoms with Crippen molar-refractivity contribution < 1.29 is 9.53 Å². The van der Waals surface area contributed by atoms with Crippen molar-refractivity contribution in [1.29, 1.82) is 0 Å². The van der Waals surface area contributed by atoms with Crippen LogP contribution in [0.1, 0.15) is 22.3 Å². The van der Waals surface area contributed by atoms with Crippen molar-refractivity contribution in [2.75, 3.05) is 13.7 Å². The summed E-state index contributed by atoms with van der Waals surface area (Å²) in [6.45, 7) is 3.34. The highest BCUT2D eigenvalue weighted by atomic mass is 16.5. The first-order chi connectivity index (χ1) is 17.7. The van der Waals surface area contributed by atoms with Gasteiger partial charge in [0.05, 0.1) is 7.11 Å². The molecule has 0 saturated carbocycles. The summed E-state index contributed by atoms with van der Waals surface area (Å²) >= 11 is 0. The molecule has 184 valence electrons. The average Bonchev–Trinajstić information content (AvgIpc) is 2.93. The van der Waals surface area contributed by atoms with E-state index in [2.05, 4.69) is 82.6 Å². The molecule has 0 aliphatic heterocycles. The minimum Gasteiger partial charge on any atom is -0.468 e. The molecule has 0 amide bonds. The number of rotatable bonds is 12. The Hall–Kier alpha value is -3.73. The van der Waals surface area contributed by atoms with Gasteiger partial charge in [0, 0.05) is 32.7 Å². The molecular weight excluding hydrogens is 444 g/mol. The van der Waals surface area contributed by atoms with E-state index < -0.39 is 6.04 Å². The van der Waals surface area contributed by atoms with Crippen LogP contribution in [-0.4, -0.2) is 35.5 Å². The van der Waals surface area contributed by atoms with E-state index in [9.17, 15) is 4.79 Å². The zero-order chi connectivity index (χ0) is 25.0. The summed E-state index contributed by atoms with van der Waals surface area (Å²) in [6, 6.07) is 41.1. The molecule has 0 unspecified atom stereocenters. The monoisotopic (exact) mass is 478 g/mol. The zero-order valence-electron chi connectivity index (χ0n) is 20.9. The molecule has 4 aromatic rings. The molecule has 0 saturated heterocycles. The lowest BCUT2D eigenvalue weighted by Gasteiger charge is -2.34. The number of carbonyl (C=O) groups is 1. The molecule has 4 aromatic carbocycles. The van der Waals surface area contributed by atoms with Gasteiger partial charge in [-0.2, -0.15) is 0 Å². The Labute approximate surface area is 214 Å². The summed E-state index contributed by atoms with van der Waals surface area (Å²) in [5, 5.41) is 0. The molecule has 0 bridgehead atoms. The van der Waals surface area contributed by atoms with Crippen LogP contribution in [0.3, 0.4) is 0 Å². The van der Waals surface area contributed by atoms with E-state index in [1.54, 1.807) is 0 Å². The molecular formula is C32H34N2O2. The van der Waals surface area contributed by atoms with Gasteiger partial charge >= 0.3 is 5.97 Å². The second kappa shape index (κ2) is 13.4. The first kappa shape index (κ1) is 25.4. The molecule has 36 heavy (non-hydrogen) atoms. The maximum atomic E-state index is 13.3. The first-order valence-corrected chi connectivity index (χ1v) is 12.4. The number of benzene rings is 4. The van der Waals surface area contributed by atoms with E-state index in [0.29, 0.717) is 19.6 Å². The van der Waals surface area contributed by atoms with Gasteiger partial charge in [-0.25, -0.2) is 0 Å². The van der Waals surface area contributed by atoms with Crippen LogP contribution in [0.4, 0.5) is 0 Å².